The van der Waals surface area contributed by atoms with E-state index in [9.17, 15) is 9.18 Å². The number of rotatable bonds is 6. The monoisotopic (exact) mass is 311 g/mol. The fourth-order valence-electron chi connectivity index (χ4n) is 1.70. The van der Waals surface area contributed by atoms with Crippen LogP contribution in [0, 0.1) is 5.82 Å². The average Bonchev–Trinajstić information content (AvgIpc) is 2.42. The lowest BCUT2D eigenvalue weighted by Crippen LogP contribution is -2.24. The second-order valence-electron chi connectivity index (χ2n) is 5.51. The number of ether oxygens (including phenoxy) is 2. The minimum atomic E-state index is -0.674. The van der Waals surface area contributed by atoms with E-state index in [0.29, 0.717) is 5.56 Å². The van der Waals surface area contributed by atoms with Crippen LogP contribution in [0.3, 0.4) is 0 Å². The summed E-state index contributed by atoms with van der Waals surface area (Å²) < 4.78 is 24.7. The normalized spacial score (nSPS) is 12.2. The van der Waals surface area contributed by atoms with Gasteiger partial charge in [0, 0.05) is 11.1 Å². The van der Waals surface area contributed by atoms with Crippen molar-refractivity contribution in [2.24, 2.45) is 5.16 Å². The van der Waals surface area contributed by atoms with Crippen molar-refractivity contribution in [3.63, 3.8) is 0 Å². The van der Waals surface area contributed by atoms with Gasteiger partial charge in [-0.25, -0.2) is 9.18 Å². The van der Waals surface area contributed by atoms with E-state index in [1.807, 2.05) is 20.8 Å². The Morgan fingerprint density at radius 1 is 1.32 bits per heavy atom. The summed E-state index contributed by atoms with van der Waals surface area (Å²) in [6.07, 6.45) is 0. The number of nitrogens with zero attached hydrogens (tertiary/aromatic N) is 1. The molecule has 0 atom stereocenters. The van der Waals surface area contributed by atoms with E-state index in [1.54, 1.807) is 13.0 Å². The molecule has 0 saturated heterocycles. The van der Waals surface area contributed by atoms with Crippen LogP contribution in [0.4, 0.5) is 4.39 Å². The van der Waals surface area contributed by atoms with Gasteiger partial charge in [-0.15, -0.1) is 0 Å². The van der Waals surface area contributed by atoms with Crippen LogP contribution in [-0.4, -0.2) is 31.0 Å². The number of carbonyl (C=O) groups is 1. The zero-order chi connectivity index (χ0) is 16.8. The Labute approximate surface area is 130 Å². The molecular formula is C16H22FNO4. The molecule has 0 N–H and O–H groups in total. The summed E-state index contributed by atoms with van der Waals surface area (Å²) in [4.78, 5) is 16.7. The zero-order valence-corrected chi connectivity index (χ0v) is 13.6. The molecule has 0 spiro atoms. The van der Waals surface area contributed by atoms with Crippen molar-refractivity contribution < 1.29 is 23.5 Å². The summed E-state index contributed by atoms with van der Waals surface area (Å²) in [7, 11) is 1.31. The summed E-state index contributed by atoms with van der Waals surface area (Å²) in [5.41, 5.74) is 0.00405. The van der Waals surface area contributed by atoms with E-state index < -0.39 is 17.4 Å². The number of benzene rings is 1. The number of hydrogen-bond donors (Lipinski definition) is 0. The molecule has 1 aromatic rings. The highest BCUT2D eigenvalue weighted by Gasteiger charge is 2.23. The molecule has 0 saturated carbocycles. The molecule has 0 aromatic heterocycles. The quantitative estimate of drug-likeness (QED) is 0.460. The second kappa shape index (κ2) is 7.89. The van der Waals surface area contributed by atoms with Crippen LogP contribution in [0.15, 0.2) is 23.4 Å². The molecule has 0 fully saturated rings. The summed E-state index contributed by atoms with van der Waals surface area (Å²) in [6, 6.07) is 4.38. The van der Waals surface area contributed by atoms with Gasteiger partial charge >= 0.3 is 5.97 Å². The van der Waals surface area contributed by atoms with Gasteiger partial charge in [0.05, 0.1) is 18.8 Å². The molecule has 5 nitrogen and oxygen atoms in total. The smallest absolute Gasteiger partial charge is 0.361 e. The van der Waals surface area contributed by atoms with Crippen LogP contribution < -0.4 is 0 Å². The lowest BCUT2D eigenvalue weighted by atomic mass is 10.0. The third-order valence-electron chi connectivity index (χ3n) is 2.67. The van der Waals surface area contributed by atoms with Gasteiger partial charge in [-0.05, 0) is 33.8 Å². The molecule has 0 aliphatic carbocycles. The summed E-state index contributed by atoms with van der Waals surface area (Å²) in [5.74, 6) is -1.15. The van der Waals surface area contributed by atoms with Crippen molar-refractivity contribution in [1.29, 1.82) is 0 Å². The van der Waals surface area contributed by atoms with Crippen LogP contribution in [0.5, 0.6) is 0 Å². The average molecular weight is 311 g/mol. The molecule has 0 aliphatic heterocycles. The Balaban J connectivity index is 3.23. The van der Waals surface area contributed by atoms with Crippen molar-refractivity contribution in [2.45, 2.75) is 39.9 Å². The van der Waals surface area contributed by atoms with E-state index in [1.165, 1.54) is 19.2 Å². The Morgan fingerprint density at radius 2 is 2.00 bits per heavy atom. The summed E-state index contributed by atoms with van der Waals surface area (Å²) in [6.45, 7) is 7.46. The number of oxime groups is 1. The molecule has 122 valence electrons. The lowest BCUT2D eigenvalue weighted by molar-refractivity contribution is -0.135. The van der Waals surface area contributed by atoms with Gasteiger partial charge < -0.3 is 14.3 Å². The highest BCUT2D eigenvalue weighted by atomic mass is 19.1. The van der Waals surface area contributed by atoms with Crippen molar-refractivity contribution in [2.75, 3.05) is 13.7 Å². The fourth-order valence-corrected chi connectivity index (χ4v) is 1.70. The van der Waals surface area contributed by atoms with Gasteiger partial charge in [0.25, 0.3) is 0 Å². The second-order valence-corrected chi connectivity index (χ2v) is 5.51. The summed E-state index contributed by atoms with van der Waals surface area (Å²) >= 11 is 0. The Morgan fingerprint density at radius 3 is 2.55 bits per heavy atom. The minimum absolute atomic E-state index is 0.00759. The van der Waals surface area contributed by atoms with E-state index in [-0.39, 0.29) is 24.5 Å². The molecule has 0 bridgehead atoms. The first-order valence-electron chi connectivity index (χ1n) is 7.00. The topological polar surface area (TPSA) is 57.1 Å². The fraction of sp³-hybridized carbons (Fsp3) is 0.500. The first-order chi connectivity index (χ1) is 10.3. The standard InChI is InChI=1S/C16H22FNO4/c1-6-21-15(19)14(18-20-5)11-8-7-9-13(17)12(11)10-22-16(2,3)4/h7-9H,6,10H2,1-5H3/b18-14-. The van der Waals surface area contributed by atoms with Crippen LogP contribution in [0.25, 0.3) is 0 Å². The van der Waals surface area contributed by atoms with Crippen molar-refractivity contribution >= 4 is 11.7 Å². The molecular weight excluding hydrogens is 289 g/mol. The molecule has 0 unspecified atom stereocenters. The van der Waals surface area contributed by atoms with Gasteiger partial charge in [-0.1, -0.05) is 17.3 Å². The van der Waals surface area contributed by atoms with Gasteiger partial charge in [0.1, 0.15) is 12.9 Å². The van der Waals surface area contributed by atoms with Gasteiger partial charge in [0.15, 0.2) is 5.71 Å². The van der Waals surface area contributed by atoms with E-state index >= 15 is 0 Å². The Bertz CT molecular complexity index is 550. The third kappa shape index (κ3) is 5.11. The third-order valence-corrected chi connectivity index (χ3v) is 2.67. The van der Waals surface area contributed by atoms with Crippen LogP contribution in [0.2, 0.25) is 0 Å². The first-order valence-corrected chi connectivity index (χ1v) is 7.00. The minimum Gasteiger partial charge on any atom is -0.461 e. The van der Waals surface area contributed by atoms with Crippen molar-refractivity contribution in [1.82, 2.24) is 0 Å². The van der Waals surface area contributed by atoms with Gasteiger partial charge in [-0.2, -0.15) is 0 Å². The largest absolute Gasteiger partial charge is 0.461 e. The maximum atomic E-state index is 14.1. The maximum Gasteiger partial charge on any atom is 0.361 e. The van der Waals surface area contributed by atoms with E-state index in [0.717, 1.165) is 0 Å². The molecule has 1 rings (SSSR count). The number of hydrogen-bond acceptors (Lipinski definition) is 5. The highest BCUT2D eigenvalue weighted by Crippen LogP contribution is 2.20. The number of carbonyl (C=O) groups excluding carboxylic acids is 1. The van der Waals surface area contributed by atoms with Crippen LogP contribution in [0.1, 0.15) is 38.8 Å². The predicted molar refractivity (Wildman–Crippen MR) is 81.1 cm³/mol. The zero-order valence-electron chi connectivity index (χ0n) is 13.6. The molecule has 0 aliphatic rings. The Kier molecular flexibility index (Phi) is 6.49. The van der Waals surface area contributed by atoms with E-state index in [4.69, 9.17) is 14.3 Å². The maximum absolute atomic E-state index is 14.1. The summed E-state index contributed by atoms with van der Waals surface area (Å²) in [5, 5.41) is 3.68. The number of halogens is 1. The van der Waals surface area contributed by atoms with Crippen LogP contribution in [-0.2, 0) is 25.7 Å². The highest BCUT2D eigenvalue weighted by molar-refractivity contribution is 6.43. The van der Waals surface area contributed by atoms with Crippen LogP contribution >= 0.6 is 0 Å². The van der Waals surface area contributed by atoms with Gasteiger partial charge in [0.2, 0.25) is 0 Å². The lowest BCUT2D eigenvalue weighted by Gasteiger charge is -2.21. The molecule has 1 aromatic carbocycles. The molecule has 6 heteroatoms. The predicted octanol–water partition coefficient (Wildman–Crippen LogP) is 3.05. The van der Waals surface area contributed by atoms with Gasteiger partial charge in [-0.3, -0.25) is 0 Å². The van der Waals surface area contributed by atoms with Crippen molar-refractivity contribution in [3.05, 3.63) is 35.1 Å². The molecule has 0 heterocycles. The SMILES string of the molecule is CCOC(=O)/C(=N\OC)c1cccc(F)c1COC(C)(C)C. The first kappa shape index (κ1) is 18.1. The van der Waals surface area contributed by atoms with Crippen molar-refractivity contribution in [3.8, 4) is 0 Å². The molecule has 22 heavy (non-hydrogen) atoms. The molecule has 0 amide bonds. The number of esters is 1. The molecule has 0 radical (unpaired) electrons. The van der Waals surface area contributed by atoms with E-state index in [2.05, 4.69) is 5.16 Å². The Hall–Kier alpha value is -1.95.